The van der Waals surface area contributed by atoms with E-state index in [4.69, 9.17) is 5.11 Å². The fraction of sp³-hybridized carbons (Fsp3) is 0.308. The molecule has 1 aromatic carbocycles. The van der Waals surface area contributed by atoms with Crippen LogP contribution in [0.5, 0.6) is 0 Å². The van der Waals surface area contributed by atoms with Crippen molar-refractivity contribution in [2.75, 3.05) is 13.1 Å². The first-order chi connectivity index (χ1) is 10.8. The fourth-order valence-corrected chi connectivity index (χ4v) is 3.65. The van der Waals surface area contributed by atoms with Gasteiger partial charge in [0.15, 0.2) is 0 Å². The highest BCUT2D eigenvalue weighted by atomic mass is 32.2. The maximum absolute atomic E-state index is 12.6. The molecule has 0 amide bonds. The zero-order chi connectivity index (χ0) is 17.2. The molecule has 0 aliphatic rings. The van der Waals surface area contributed by atoms with Gasteiger partial charge in [0, 0.05) is 6.54 Å². The summed E-state index contributed by atoms with van der Waals surface area (Å²) >= 11 is 0. The molecule has 0 aliphatic heterocycles. The highest BCUT2D eigenvalue weighted by Gasteiger charge is 2.26. The minimum atomic E-state index is -4.07. The van der Waals surface area contributed by atoms with Gasteiger partial charge in [0.25, 0.3) is 5.56 Å². The maximum Gasteiger partial charge on any atom is 0.326 e. The molecule has 0 atom stereocenters. The molecule has 0 saturated carbocycles. The molecule has 9 nitrogen and oxygen atoms in total. The molecule has 1 heterocycles. The molecule has 1 aromatic heterocycles. The number of nitrogens with one attached hydrogen (secondary N) is 2. The normalized spacial score (nSPS) is 11.9. The number of rotatable bonds is 6. The van der Waals surface area contributed by atoms with Gasteiger partial charge in [0.1, 0.15) is 6.54 Å². The third-order valence-corrected chi connectivity index (χ3v) is 4.97. The molecule has 0 bridgehead atoms. The summed E-state index contributed by atoms with van der Waals surface area (Å²) in [4.78, 5) is 38.0. The van der Waals surface area contributed by atoms with Crippen molar-refractivity contribution < 1.29 is 18.3 Å². The van der Waals surface area contributed by atoms with E-state index in [0.29, 0.717) is 6.42 Å². The smallest absolute Gasteiger partial charge is 0.326 e. The number of aromatic nitrogens is 2. The van der Waals surface area contributed by atoms with Gasteiger partial charge in [0.2, 0.25) is 10.0 Å². The van der Waals surface area contributed by atoms with Gasteiger partial charge >= 0.3 is 11.7 Å². The van der Waals surface area contributed by atoms with Crippen molar-refractivity contribution in [1.82, 2.24) is 14.3 Å². The number of hydrogen-bond acceptors (Lipinski definition) is 5. The molecule has 0 radical (unpaired) electrons. The van der Waals surface area contributed by atoms with Gasteiger partial charge in [-0.1, -0.05) is 6.92 Å². The van der Waals surface area contributed by atoms with Crippen molar-refractivity contribution in [3.8, 4) is 0 Å². The Morgan fingerprint density at radius 1 is 1.26 bits per heavy atom. The van der Waals surface area contributed by atoms with Crippen molar-refractivity contribution in [2.24, 2.45) is 0 Å². The topological polar surface area (TPSA) is 140 Å². The zero-order valence-corrected chi connectivity index (χ0v) is 13.0. The van der Waals surface area contributed by atoms with E-state index in [1.807, 2.05) is 4.98 Å². The Balaban J connectivity index is 2.58. The SMILES string of the molecule is CCCN(CC(=O)O)S(=O)(=O)c1ccc2[nH]c(=O)[nH]c(=O)c2c1. The fourth-order valence-electron chi connectivity index (χ4n) is 2.14. The summed E-state index contributed by atoms with van der Waals surface area (Å²) in [7, 11) is -4.07. The summed E-state index contributed by atoms with van der Waals surface area (Å²) in [5.74, 6) is -1.27. The Labute approximate surface area is 130 Å². The maximum atomic E-state index is 12.6. The monoisotopic (exact) mass is 341 g/mol. The summed E-state index contributed by atoms with van der Waals surface area (Å²) in [6.45, 7) is 1.09. The van der Waals surface area contributed by atoms with Crippen LogP contribution in [0.25, 0.3) is 10.9 Å². The molecule has 0 saturated heterocycles. The van der Waals surface area contributed by atoms with E-state index >= 15 is 0 Å². The van der Waals surface area contributed by atoms with Crippen molar-refractivity contribution in [2.45, 2.75) is 18.2 Å². The van der Waals surface area contributed by atoms with Gasteiger partial charge in [0.05, 0.1) is 15.8 Å². The first kappa shape index (κ1) is 16.9. The van der Waals surface area contributed by atoms with Crippen LogP contribution in [0.2, 0.25) is 0 Å². The number of nitrogens with zero attached hydrogens (tertiary/aromatic N) is 1. The molecule has 0 spiro atoms. The molecule has 10 heteroatoms. The van der Waals surface area contributed by atoms with Crippen LogP contribution in [0.4, 0.5) is 0 Å². The van der Waals surface area contributed by atoms with Gasteiger partial charge in [-0.05, 0) is 24.6 Å². The average molecular weight is 341 g/mol. The summed E-state index contributed by atoms with van der Waals surface area (Å²) in [5, 5.41) is 8.86. The minimum Gasteiger partial charge on any atom is -0.480 e. The van der Waals surface area contributed by atoms with Crippen molar-refractivity contribution in [3.63, 3.8) is 0 Å². The van der Waals surface area contributed by atoms with E-state index < -0.39 is 33.8 Å². The number of carbonyl (C=O) groups is 1. The van der Waals surface area contributed by atoms with Crippen LogP contribution in [0, 0.1) is 0 Å². The predicted molar refractivity (Wildman–Crippen MR) is 81.9 cm³/mol. The Kier molecular flexibility index (Phi) is 4.66. The largest absolute Gasteiger partial charge is 0.480 e. The Bertz CT molecular complexity index is 960. The molecule has 2 rings (SSSR count). The van der Waals surface area contributed by atoms with Gasteiger partial charge in [-0.15, -0.1) is 0 Å². The summed E-state index contributed by atoms with van der Waals surface area (Å²) in [6, 6.07) is 3.63. The summed E-state index contributed by atoms with van der Waals surface area (Å²) in [6.07, 6.45) is 0.438. The van der Waals surface area contributed by atoms with Crippen LogP contribution in [-0.4, -0.2) is 46.9 Å². The molecule has 0 fully saturated rings. The second kappa shape index (κ2) is 6.34. The average Bonchev–Trinajstić information content (AvgIpc) is 2.45. The Hall–Kier alpha value is -2.46. The van der Waals surface area contributed by atoms with Gasteiger partial charge in [-0.3, -0.25) is 14.6 Å². The number of benzene rings is 1. The first-order valence-corrected chi connectivity index (χ1v) is 8.18. The second-order valence-electron chi connectivity index (χ2n) is 4.85. The predicted octanol–water partition coefficient (Wildman–Crippen LogP) is -0.298. The molecule has 23 heavy (non-hydrogen) atoms. The van der Waals surface area contributed by atoms with Crippen LogP contribution >= 0.6 is 0 Å². The number of carboxylic acids is 1. The number of aromatic amines is 2. The highest BCUT2D eigenvalue weighted by Crippen LogP contribution is 2.19. The number of carboxylic acid groups (broad SMARTS) is 1. The van der Waals surface area contributed by atoms with Crippen molar-refractivity contribution in [3.05, 3.63) is 39.0 Å². The number of hydrogen-bond donors (Lipinski definition) is 3. The lowest BCUT2D eigenvalue weighted by atomic mass is 10.2. The zero-order valence-electron chi connectivity index (χ0n) is 12.2. The van der Waals surface area contributed by atoms with Gasteiger partial charge in [-0.25, -0.2) is 13.2 Å². The molecule has 2 aromatic rings. The third kappa shape index (κ3) is 3.48. The molecule has 0 unspecified atom stereocenters. The Morgan fingerprint density at radius 3 is 2.57 bits per heavy atom. The van der Waals surface area contributed by atoms with Gasteiger partial charge in [-0.2, -0.15) is 4.31 Å². The van der Waals surface area contributed by atoms with Gasteiger partial charge < -0.3 is 10.1 Å². The van der Waals surface area contributed by atoms with Crippen LogP contribution in [0.15, 0.2) is 32.7 Å². The third-order valence-electron chi connectivity index (χ3n) is 3.13. The summed E-state index contributed by atoms with van der Waals surface area (Å²) in [5.41, 5.74) is -1.23. The lowest BCUT2D eigenvalue weighted by Gasteiger charge is -2.19. The number of fused-ring (bicyclic) bond motifs is 1. The minimum absolute atomic E-state index is 0.00236. The molecular weight excluding hydrogens is 326 g/mol. The van der Waals surface area contributed by atoms with E-state index in [2.05, 4.69) is 4.98 Å². The van der Waals surface area contributed by atoms with E-state index in [1.165, 1.54) is 12.1 Å². The molecular formula is C13H15N3O6S. The standard InChI is InChI=1S/C13H15N3O6S/c1-2-5-16(7-11(17)18)23(21,22)8-3-4-10-9(6-8)12(19)15-13(20)14-10/h3-4,6H,2,5,7H2,1H3,(H,17,18)(H2,14,15,19,20). The number of sulfonamides is 1. The Morgan fingerprint density at radius 2 is 1.96 bits per heavy atom. The summed E-state index contributed by atoms with van der Waals surface area (Å²) < 4.78 is 25.9. The van der Waals surface area contributed by atoms with Crippen molar-refractivity contribution >= 4 is 26.9 Å². The van der Waals surface area contributed by atoms with Crippen LogP contribution in [-0.2, 0) is 14.8 Å². The number of aliphatic carboxylic acids is 1. The lowest BCUT2D eigenvalue weighted by Crippen LogP contribution is -2.36. The van der Waals surface area contributed by atoms with Crippen molar-refractivity contribution in [1.29, 1.82) is 0 Å². The van der Waals surface area contributed by atoms with Crippen LogP contribution < -0.4 is 11.2 Å². The quantitative estimate of drug-likeness (QED) is 0.659. The van der Waals surface area contributed by atoms with Crippen LogP contribution in [0.3, 0.4) is 0 Å². The molecule has 3 N–H and O–H groups in total. The van der Waals surface area contributed by atoms with Crippen LogP contribution in [0.1, 0.15) is 13.3 Å². The highest BCUT2D eigenvalue weighted by molar-refractivity contribution is 7.89. The first-order valence-electron chi connectivity index (χ1n) is 6.74. The second-order valence-corrected chi connectivity index (χ2v) is 6.79. The van der Waals surface area contributed by atoms with E-state index in [9.17, 15) is 22.8 Å². The molecule has 0 aliphatic carbocycles. The van der Waals surface area contributed by atoms with E-state index in [0.717, 1.165) is 10.4 Å². The molecule has 124 valence electrons. The lowest BCUT2D eigenvalue weighted by molar-refractivity contribution is -0.137. The number of H-pyrrole nitrogens is 2. The van der Waals surface area contributed by atoms with E-state index in [-0.39, 0.29) is 22.3 Å². The van der Waals surface area contributed by atoms with E-state index in [1.54, 1.807) is 6.92 Å².